The molecule has 0 heterocycles. The molecule has 3 aromatic rings. The van der Waals surface area contributed by atoms with Crippen LogP contribution in [0.25, 0.3) is 6.08 Å². The van der Waals surface area contributed by atoms with Crippen molar-refractivity contribution in [2.24, 2.45) is 0 Å². The quantitative estimate of drug-likeness (QED) is 0.357. The molecule has 30 heavy (non-hydrogen) atoms. The van der Waals surface area contributed by atoms with Crippen LogP contribution in [0.15, 0.2) is 72.3 Å². The van der Waals surface area contributed by atoms with Gasteiger partial charge in [-0.3, -0.25) is 4.79 Å². The van der Waals surface area contributed by atoms with E-state index < -0.39 is 5.91 Å². The number of aryl methyl sites for hydroxylation is 1. The minimum atomic E-state index is -0.512. The fourth-order valence-corrected chi connectivity index (χ4v) is 3.08. The number of hydrogen-bond donors (Lipinski definition) is 1. The number of rotatable bonds is 6. The van der Waals surface area contributed by atoms with Crippen LogP contribution in [0.3, 0.4) is 0 Å². The third kappa shape index (κ3) is 5.87. The largest absolute Gasteiger partial charge is 0.488 e. The van der Waals surface area contributed by atoms with Crippen molar-refractivity contribution in [2.45, 2.75) is 13.5 Å². The van der Waals surface area contributed by atoms with Crippen molar-refractivity contribution in [2.75, 3.05) is 5.32 Å². The Morgan fingerprint density at radius 3 is 2.50 bits per heavy atom. The summed E-state index contributed by atoms with van der Waals surface area (Å²) in [7, 11) is 0. The highest BCUT2D eigenvalue weighted by Crippen LogP contribution is 2.27. The van der Waals surface area contributed by atoms with Gasteiger partial charge in [-0.15, -0.1) is 0 Å². The lowest BCUT2D eigenvalue weighted by molar-refractivity contribution is -0.112. The van der Waals surface area contributed by atoms with Gasteiger partial charge in [0.05, 0.1) is 0 Å². The van der Waals surface area contributed by atoms with Gasteiger partial charge in [0.1, 0.15) is 24.0 Å². The Morgan fingerprint density at radius 1 is 1.07 bits per heavy atom. The first-order chi connectivity index (χ1) is 14.4. The summed E-state index contributed by atoms with van der Waals surface area (Å²) in [6, 6.07) is 21.6. The Bertz CT molecular complexity index is 1130. The normalized spacial score (nSPS) is 10.9. The number of anilines is 1. The maximum Gasteiger partial charge on any atom is 0.266 e. The number of halogens is 2. The lowest BCUT2D eigenvalue weighted by Crippen LogP contribution is -2.13. The molecule has 0 saturated heterocycles. The van der Waals surface area contributed by atoms with Crippen LogP contribution in [0.1, 0.15) is 16.7 Å². The maximum absolute atomic E-state index is 12.6. The molecule has 3 aromatic carbocycles. The molecule has 0 radical (unpaired) electrons. The third-order valence-corrected chi connectivity index (χ3v) is 4.70. The second-order valence-corrected chi connectivity index (χ2v) is 7.46. The molecule has 0 spiro atoms. The highest BCUT2D eigenvalue weighted by atomic mass is 35.5. The second-order valence-electron chi connectivity index (χ2n) is 6.59. The van der Waals surface area contributed by atoms with Crippen LogP contribution < -0.4 is 10.1 Å². The van der Waals surface area contributed by atoms with Crippen molar-refractivity contribution in [1.82, 2.24) is 0 Å². The molecule has 0 aliphatic rings. The summed E-state index contributed by atoms with van der Waals surface area (Å²) >= 11 is 12.1. The highest BCUT2D eigenvalue weighted by molar-refractivity contribution is 6.31. The van der Waals surface area contributed by atoms with E-state index >= 15 is 0 Å². The third-order valence-electron chi connectivity index (χ3n) is 4.23. The molecule has 0 aliphatic heterocycles. The van der Waals surface area contributed by atoms with Crippen LogP contribution in [0.2, 0.25) is 10.0 Å². The lowest BCUT2D eigenvalue weighted by atomic mass is 10.1. The molecule has 4 nitrogen and oxygen atoms in total. The molecule has 6 heteroatoms. The van der Waals surface area contributed by atoms with E-state index in [0.29, 0.717) is 27.0 Å². The molecule has 0 unspecified atom stereocenters. The zero-order valence-corrected chi connectivity index (χ0v) is 17.7. The van der Waals surface area contributed by atoms with Crippen molar-refractivity contribution in [3.8, 4) is 11.8 Å². The summed E-state index contributed by atoms with van der Waals surface area (Å²) in [6.07, 6.45) is 1.46. The van der Waals surface area contributed by atoms with E-state index in [0.717, 1.165) is 11.1 Å². The van der Waals surface area contributed by atoms with E-state index in [4.69, 9.17) is 27.9 Å². The first kappa shape index (κ1) is 21.4. The monoisotopic (exact) mass is 436 g/mol. The Labute approximate surface area is 185 Å². The van der Waals surface area contributed by atoms with Gasteiger partial charge >= 0.3 is 0 Å². The topological polar surface area (TPSA) is 62.1 Å². The van der Waals surface area contributed by atoms with Crippen molar-refractivity contribution in [3.05, 3.63) is 99.0 Å². The standard InChI is InChI=1S/C24H18Cl2N2O2/c1-16-5-8-22(9-6-16)28-24(29)19(14-27)12-18-13-21(26)7-10-23(18)30-15-17-3-2-4-20(25)11-17/h2-13H,15H2,1H3,(H,28,29)/b19-12+. The van der Waals surface area contributed by atoms with E-state index in [1.807, 2.05) is 43.3 Å². The molecule has 1 amide bonds. The van der Waals surface area contributed by atoms with Crippen molar-refractivity contribution in [3.63, 3.8) is 0 Å². The van der Waals surface area contributed by atoms with Gasteiger partial charge in [-0.1, -0.05) is 53.0 Å². The number of benzene rings is 3. The van der Waals surface area contributed by atoms with Crippen molar-refractivity contribution >= 4 is 40.9 Å². The summed E-state index contributed by atoms with van der Waals surface area (Å²) < 4.78 is 5.89. The van der Waals surface area contributed by atoms with Crippen LogP contribution in [0, 0.1) is 18.3 Å². The summed E-state index contributed by atoms with van der Waals surface area (Å²) in [5, 5.41) is 13.3. The van der Waals surface area contributed by atoms with E-state index in [1.165, 1.54) is 6.08 Å². The van der Waals surface area contributed by atoms with Gasteiger partial charge < -0.3 is 10.1 Å². The summed E-state index contributed by atoms with van der Waals surface area (Å²) in [4.78, 5) is 12.6. The second kappa shape index (κ2) is 9.98. The number of ether oxygens (including phenoxy) is 1. The molecule has 0 bridgehead atoms. The van der Waals surface area contributed by atoms with Gasteiger partial charge in [0.2, 0.25) is 0 Å². The summed E-state index contributed by atoms with van der Waals surface area (Å²) in [5.41, 5.74) is 3.04. The number of carbonyl (C=O) groups is 1. The molecule has 3 rings (SSSR count). The zero-order chi connectivity index (χ0) is 21.5. The van der Waals surface area contributed by atoms with E-state index in [9.17, 15) is 10.1 Å². The van der Waals surface area contributed by atoms with Crippen LogP contribution in [0.4, 0.5) is 5.69 Å². The SMILES string of the molecule is Cc1ccc(NC(=O)/C(C#N)=C/c2cc(Cl)ccc2OCc2cccc(Cl)c2)cc1. The fourth-order valence-electron chi connectivity index (χ4n) is 2.69. The smallest absolute Gasteiger partial charge is 0.266 e. The molecule has 0 aliphatic carbocycles. The van der Waals surface area contributed by atoms with Gasteiger partial charge in [-0.2, -0.15) is 5.26 Å². The van der Waals surface area contributed by atoms with E-state index in [2.05, 4.69) is 5.32 Å². The number of amides is 1. The molecule has 0 saturated carbocycles. The number of carbonyl (C=O) groups excluding carboxylic acids is 1. The van der Waals surface area contributed by atoms with E-state index in [1.54, 1.807) is 36.4 Å². The first-order valence-electron chi connectivity index (χ1n) is 9.11. The van der Waals surface area contributed by atoms with Crippen molar-refractivity contribution < 1.29 is 9.53 Å². The van der Waals surface area contributed by atoms with Gasteiger partial charge in [0, 0.05) is 21.3 Å². The van der Waals surface area contributed by atoms with Gasteiger partial charge in [-0.05, 0) is 61.0 Å². The minimum absolute atomic E-state index is 0.0644. The minimum Gasteiger partial charge on any atom is -0.488 e. The molecule has 0 fully saturated rings. The van der Waals surface area contributed by atoms with E-state index in [-0.39, 0.29) is 12.2 Å². The van der Waals surface area contributed by atoms with Crippen LogP contribution >= 0.6 is 23.2 Å². The number of nitrogens with one attached hydrogen (secondary N) is 1. The Hall–Kier alpha value is -3.26. The molecule has 1 N–H and O–H groups in total. The maximum atomic E-state index is 12.6. The molecular formula is C24H18Cl2N2O2. The number of nitrogens with zero attached hydrogens (tertiary/aromatic N) is 1. The predicted octanol–water partition coefficient (Wildman–Crippen LogP) is 6.43. The molecular weight excluding hydrogens is 419 g/mol. The lowest BCUT2D eigenvalue weighted by Gasteiger charge is -2.11. The number of hydrogen-bond acceptors (Lipinski definition) is 3. The highest BCUT2D eigenvalue weighted by Gasteiger charge is 2.12. The molecule has 0 aromatic heterocycles. The van der Waals surface area contributed by atoms with Crippen LogP contribution in [-0.4, -0.2) is 5.91 Å². The summed E-state index contributed by atoms with van der Waals surface area (Å²) in [6.45, 7) is 2.23. The van der Waals surface area contributed by atoms with Crippen molar-refractivity contribution in [1.29, 1.82) is 5.26 Å². The van der Waals surface area contributed by atoms with Crippen LogP contribution in [0.5, 0.6) is 5.75 Å². The van der Waals surface area contributed by atoms with Gasteiger partial charge in [0.15, 0.2) is 0 Å². The van der Waals surface area contributed by atoms with Gasteiger partial charge in [0.25, 0.3) is 5.91 Å². The summed E-state index contributed by atoms with van der Waals surface area (Å²) in [5.74, 6) is -0.0163. The van der Waals surface area contributed by atoms with Crippen LogP contribution in [-0.2, 0) is 11.4 Å². The number of nitriles is 1. The Balaban J connectivity index is 1.82. The average Bonchev–Trinajstić information content (AvgIpc) is 2.73. The Morgan fingerprint density at radius 2 is 1.80 bits per heavy atom. The fraction of sp³-hybridized carbons (Fsp3) is 0.0833. The first-order valence-corrected chi connectivity index (χ1v) is 9.87. The Kier molecular flexibility index (Phi) is 7.13. The molecule has 150 valence electrons. The zero-order valence-electron chi connectivity index (χ0n) is 16.2. The molecule has 0 atom stereocenters. The average molecular weight is 437 g/mol. The predicted molar refractivity (Wildman–Crippen MR) is 121 cm³/mol. The van der Waals surface area contributed by atoms with Gasteiger partial charge in [-0.25, -0.2) is 0 Å².